The molecule has 0 nitrogen and oxygen atoms in total. The molecule has 0 aromatic heterocycles. The summed E-state index contributed by atoms with van der Waals surface area (Å²) in [5.74, 6) is 1.70. The predicted octanol–water partition coefficient (Wildman–Crippen LogP) is 8.36. The maximum atomic E-state index is 3.25. The van der Waals surface area contributed by atoms with E-state index in [0.29, 0.717) is 0 Å². The summed E-state index contributed by atoms with van der Waals surface area (Å²) in [5, 5.41) is 0. The Morgan fingerprint density at radius 1 is 0.867 bits per heavy atom. The summed E-state index contributed by atoms with van der Waals surface area (Å²) < 4.78 is 0. The Morgan fingerprint density at radius 3 is 2.00 bits per heavy atom. The standard InChI is InChI=1S/C22H32Si.2C3H5.Zr/c1-23(2)21-15-7-11-17-10-6-14-19(17)22(21)20-12-4-3-8-16-9-5-13-18(16)20;2*1-3-2;/h5-6,13-14,16-17,21,23H,3-4,7-12,15H2,1-2H3;2*3H,1-2H2;/q;2*-1;+2/t16-,17+,21?;;;/m0.../s1. The van der Waals surface area contributed by atoms with Crippen LogP contribution in [0.25, 0.3) is 0 Å². The van der Waals surface area contributed by atoms with Gasteiger partial charge in [-0.05, 0) is 84.6 Å². The van der Waals surface area contributed by atoms with Crippen molar-refractivity contribution in [2.75, 3.05) is 0 Å². The number of allylic oxidation sites excluding steroid dienone is 10. The van der Waals surface area contributed by atoms with Crippen LogP contribution < -0.4 is 0 Å². The van der Waals surface area contributed by atoms with Crippen LogP contribution in [0.1, 0.15) is 57.8 Å². The zero-order chi connectivity index (χ0) is 21.2. The van der Waals surface area contributed by atoms with Gasteiger partial charge in [0.05, 0.1) is 0 Å². The molecule has 0 fully saturated rings. The molecule has 0 N–H and O–H groups in total. The molecule has 0 spiro atoms. The van der Waals surface area contributed by atoms with E-state index in [1.807, 2.05) is 11.1 Å². The van der Waals surface area contributed by atoms with E-state index in [-0.39, 0.29) is 26.2 Å². The number of hydrogen-bond donors (Lipinski definition) is 0. The average Bonchev–Trinajstić information content (AvgIpc) is 3.24. The van der Waals surface area contributed by atoms with Crippen LogP contribution in [-0.2, 0) is 26.2 Å². The van der Waals surface area contributed by atoms with Gasteiger partial charge in [0, 0.05) is 8.80 Å². The largest absolute Gasteiger partial charge is 2.00 e. The summed E-state index contributed by atoms with van der Waals surface area (Å²) in [4.78, 5) is 0. The van der Waals surface area contributed by atoms with E-state index in [1.165, 1.54) is 69.9 Å². The van der Waals surface area contributed by atoms with Gasteiger partial charge in [-0.2, -0.15) is 0 Å². The molecule has 30 heavy (non-hydrogen) atoms. The molecule has 0 saturated heterocycles. The van der Waals surface area contributed by atoms with Gasteiger partial charge < -0.3 is 0 Å². The van der Waals surface area contributed by atoms with E-state index in [2.05, 4.69) is 64.4 Å². The van der Waals surface area contributed by atoms with Crippen molar-refractivity contribution in [3.8, 4) is 0 Å². The van der Waals surface area contributed by atoms with Crippen LogP contribution in [0.2, 0.25) is 18.6 Å². The van der Waals surface area contributed by atoms with Gasteiger partial charge in [-0.3, -0.25) is 0 Å². The molecule has 4 aliphatic carbocycles. The van der Waals surface area contributed by atoms with Crippen LogP contribution in [0, 0.1) is 25.7 Å². The molecule has 3 atom stereocenters. The van der Waals surface area contributed by atoms with Crippen molar-refractivity contribution in [2.45, 2.75) is 76.4 Å². The molecule has 0 heterocycles. The fourth-order valence-electron chi connectivity index (χ4n) is 5.58. The summed E-state index contributed by atoms with van der Waals surface area (Å²) in [5.41, 5.74) is 8.15. The third kappa shape index (κ3) is 6.89. The van der Waals surface area contributed by atoms with Crippen molar-refractivity contribution < 1.29 is 26.2 Å². The Kier molecular flexibility index (Phi) is 13.1. The van der Waals surface area contributed by atoms with Crippen LogP contribution in [-0.4, -0.2) is 8.80 Å². The van der Waals surface area contributed by atoms with Gasteiger partial charge in [0.15, 0.2) is 0 Å². The zero-order valence-electron chi connectivity index (χ0n) is 19.5. The third-order valence-corrected chi connectivity index (χ3v) is 9.05. The number of hydrogen-bond acceptors (Lipinski definition) is 0. The Bertz CT molecular complexity index is 671. The minimum atomic E-state index is -0.665. The first-order valence-electron chi connectivity index (χ1n) is 11.7. The van der Waals surface area contributed by atoms with Gasteiger partial charge in [0.2, 0.25) is 0 Å². The number of fused-ring (bicyclic) bond motifs is 2. The second-order valence-electron chi connectivity index (χ2n) is 9.08. The smallest absolute Gasteiger partial charge is 0.245 e. The van der Waals surface area contributed by atoms with Gasteiger partial charge in [-0.25, -0.2) is 39.2 Å². The summed E-state index contributed by atoms with van der Waals surface area (Å²) in [6, 6.07) is 0. The Labute approximate surface area is 208 Å². The molecule has 162 valence electrons. The molecular formula is C28H42SiZr. The SMILES string of the molecule is C=C[CH2-].C=C[CH2-].C[SiH](C)C1CCC[C@H]2CC=CC2=C1C1=C2C=CC[C@@H]2CCCC1.[Zr+2]. The van der Waals surface area contributed by atoms with Gasteiger partial charge >= 0.3 is 26.2 Å². The molecule has 4 aliphatic rings. The molecule has 2 heteroatoms. The normalized spacial score (nSPS) is 26.8. The first-order valence-corrected chi connectivity index (χ1v) is 14.7. The van der Waals surface area contributed by atoms with Crippen LogP contribution in [0.15, 0.2) is 71.9 Å². The van der Waals surface area contributed by atoms with E-state index < -0.39 is 8.80 Å². The van der Waals surface area contributed by atoms with Gasteiger partial charge in [-0.15, -0.1) is 0 Å². The zero-order valence-corrected chi connectivity index (χ0v) is 23.1. The first kappa shape index (κ1) is 27.3. The van der Waals surface area contributed by atoms with E-state index in [9.17, 15) is 0 Å². The average molecular weight is 498 g/mol. The van der Waals surface area contributed by atoms with Crippen molar-refractivity contribution in [3.63, 3.8) is 0 Å². The van der Waals surface area contributed by atoms with Crippen LogP contribution in [0.3, 0.4) is 0 Å². The van der Waals surface area contributed by atoms with Crippen molar-refractivity contribution in [2.24, 2.45) is 11.8 Å². The topological polar surface area (TPSA) is 0 Å². The Morgan fingerprint density at radius 2 is 1.40 bits per heavy atom. The van der Waals surface area contributed by atoms with Crippen molar-refractivity contribution in [1.29, 1.82) is 0 Å². The van der Waals surface area contributed by atoms with Gasteiger partial charge in [0.25, 0.3) is 0 Å². The van der Waals surface area contributed by atoms with Crippen LogP contribution in [0.4, 0.5) is 0 Å². The Balaban J connectivity index is 0.000000579. The molecule has 0 aromatic carbocycles. The van der Waals surface area contributed by atoms with E-state index in [4.69, 9.17) is 0 Å². The van der Waals surface area contributed by atoms with Gasteiger partial charge in [0.1, 0.15) is 0 Å². The third-order valence-electron chi connectivity index (χ3n) is 6.77. The molecule has 4 rings (SSSR count). The summed E-state index contributed by atoms with van der Waals surface area (Å²) >= 11 is 0. The summed E-state index contributed by atoms with van der Waals surface area (Å²) in [6.07, 6.45) is 25.6. The second-order valence-corrected chi connectivity index (χ2v) is 12.4. The van der Waals surface area contributed by atoms with E-state index in [0.717, 1.165) is 17.4 Å². The van der Waals surface area contributed by atoms with Crippen molar-refractivity contribution in [1.82, 2.24) is 0 Å². The predicted molar refractivity (Wildman–Crippen MR) is 135 cm³/mol. The van der Waals surface area contributed by atoms with Crippen LogP contribution in [0.5, 0.6) is 0 Å². The summed E-state index contributed by atoms with van der Waals surface area (Å²) in [7, 11) is -0.665. The van der Waals surface area contributed by atoms with E-state index in [1.54, 1.807) is 11.1 Å². The van der Waals surface area contributed by atoms with Crippen molar-refractivity contribution in [3.05, 3.63) is 85.8 Å². The quantitative estimate of drug-likeness (QED) is 0.265. The minimum Gasteiger partial charge on any atom is -0.245 e. The summed E-state index contributed by atoms with van der Waals surface area (Å²) in [6.45, 7) is 18.2. The second kappa shape index (κ2) is 14.4. The molecule has 0 aliphatic heterocycles. The monoisotopic (exact) mass is 496 g/mol. The van der Waals surface area contributed by atoms with Crippen molar-refractivity contribution >= 4 is 8.80 Å². The minimum absolute atomic E-state index is 0. The fourth-order valence-corrected chi connectivity index (χ4v) is 7.54. The first-order chi connectivity index (χ1) is 14.1. The molecular weight excluding hydrogens is 456 g/mol. The fraction of sp³-hybridized carbons (Fsp3) is 0.500. The Hall–Kier alpha value is -0.720. The van der Waals surface area contributed by atoms with E-state index >= 15 is 0 Å². The molecule has 1 unspecified atom stereocenters. The molecule has 0 bridgehead atoms. The van der Waals surface area contributed by atoms with Crippen LogP contribution >= 0.6 is 0 Å². The maximum absolute atomic E-state index is 3.25. The number of rotatable bonds is 2. The molecule has 0 saturated carbocycles. The molecule has 0 aromatic rings. The maximum Gasteiger partial charge on any atom is 2.00 e. The van der Waals surface area contributed by atoms with Gasteiger partial charge in [-0.1, -0.05) is 50.2 Å². The molecule has 0 radical (unpaired) electrons. The molecule has 0 amide bonds.